The fraction of sp³-hybridized carbons (Fsp3) is 0.600. The molecule has 1 saturated carbocycles. The van der Waals surface area contributed by atoms with Crippen LogP contribution in [0.5, 0.6) is 0 Å². The highest BCUT2D eigenvalue weighted by Crippen LogP contribution is 2.24. The number of ether oxygens (including phenoxy) is 4. The number of carbonyl (C=O) groups excluding carboxylic acids is 2. The van der Waals surface area contributed by atoms with Crippen LogP contribution in [0.2, 0.25) is 0 Å². The molecule has 28 heavy (non-hydrogen) atoms. The highest BCUT2D eigenvalue weighted by atomic mass is 16.7. The first-order valence-electron chi connectivity index (χ1n) is 9.34. The normalized spacial score (nSPS) is 21.8. The third-order valence-corrected chi connectivity index (χ3v) is 4.14. The summed E-state index contributed by atoms with van der Waals surface area (Å²) in [5, 5.41) is 5.65. The highest BCUT2D eigenvalue weighted by Gasteiger charge is 2.38. The van der Waals surface area contributed by atoms with Gasteiger partial charge in [-0.25, -0.2) is 9.59 Å². The van der Waals surface area contributed by atoms with Crippen LogP contribution in [0, 0.1) is 0 Å². The standard InChI is InChI=1S/C20H30N2O6/c1-20(2,3)28-19(24)22-16-10-15(11-17(16)27-13-25-4)21-18(23)26-12-14-8-6-5-7-9-14/h5-9,15-17H,10-13H2,1-4H3,(H,21,23)(H,22,24)/t15-,16+,17-/m1/s1. The lowest BCUT2D eigenvalue weighted by Crippen LogP contribution is -2.44. The molecular formula is C20H30N2O6. The van der Waals surface area contributed by atoms with E-state index >= 15 is 0 Å². The largest absolute Gasteiger partial charge is 0.445 e. The highest BCUT2D eigenvalue weighted by molar-refractivity contribution is 5.69. The van der Waals surface area contributed by atoms with E-state index in [9.17, 15) is 9.59 Å². The molecule has 156 valence electrons. The van der Waals surface area contributed by atoms with Crippen molar-refractivity contribution in [2.45, 2.75) is 64.0 Å². The predicted octanol–water partition coefficient (Wildman–Crippen LogP) is 2.96. The van der Waals surface area contributed by atoms with Crippen LogP contribution in [0.25, 0.3) is 0 Å². The second kappa shape index (κ2) is 10.3. The van der Waals surface area contributed by atoms with Crippen molar-refractivity contribution >= 4 is 12.2 Å². The molecule has 1 aliphatic carbocycles. The summed E-state index contributed by atoms with van der Waals surface area (Å²) in [6.07, 6.45) is -0.279. The first-order valence-corrected chi connectivity index (χ1v) is 9.34. The number of alkyl carbamates (subject to hydrolysis) is 2. The van der Waals surface area contributed by atoms with Crippen molar-refractivity contribution in [2.24, 2.45) is 0 Å². The summed E-state index contributed by atoms with van der Waals surface area (Å²) in [6.45, 7) is 5.69. The third kappa shape index (κ3) is 7.74. The zero-order chi connectivity index (χ0) is 20.6. The average Bonchev–Trinajstić information content (AvgIpc) is 2.98. The average molecular weight is 394 g/mol. The quantitative estimate of drug-likeness (QED) is 0.691. The van der Waals surface area contributed by atoms with Crippen LogP contribution < -0.4 is 10.6 Å². The van der Waals surface area contributed by atoms with Gasteiger partial charge in [0, 0.05) is 13.2 Å². The summed E-state index contributed by atoms with van der Waals surface area (Å²) in [5.41, 5.74) is 0.319. The van der Waals surface area contributed by atoms with Crippen LogP contribution in [0.3, 0.4) is 0 Å². The topological polar surface area (TPSA) is 95.1 Å². The molecule has 0 aliphatic heterocycles. The Kier molecular flexibility index (Phi) is 8.07. The SMILES string of the molecule is COCO[C@@H]1C[C@H](NC(=O)OCc2ccccc2)C[C@@H]1NC(=O)OC(C)(C)C. The number of hydrogen-bond acceptors (Lipinski definition) is 6. The summed E-state index contributed by atoms with van der Waals surface area (Å²) in [4.78, 5) is 24.2. The van der Waals surface area contributed by atoms with Gasteiger partial charge in [0.25, 0.3) is 0 Å². The summed E-state index contributed by atoms with van der Waals surface area (Å²) in [7, 11) is 1.53. The number of nitrogens with one attached hydrogen (secondary N) is 2. The van der Waals surface area contributed by atoms with Crippen molar-refractivity contribution in [3.8, 4) is 0 Å². The van der Waals surface area contributed by atoms with Crippen LogP contribution in [0.4, 0.5) is 9.59 Å². The second-order valence-electron chi connectivity index (χ2n) is 7.74. The van der Waals surface area contributed by atoms with Gasteiger partial charge in [-0.2, -0.15) is 0 Å². The fourth-order valence-electron chi connectivity index (χ4n) is 3.00. The van der Waals surface area contributed by atoms with Crippen LogP contribution in [-0.4, -0.2) is 49.9 Å². The maximum Gasteiger partial charge on any atom is 0.407 e. The fourth-order valence-corrected chi connectivity index (χ4v) is 3.00. The molecule has 0 saturated heterocycles. The minimum atomic E-state index is -0.593. The molecule has 0 aromatic heterocycles. The number of amides is 2. The first kappa shape index (κ1) is 22.0. The Morgan fingerprint density at radius 1 is 1.07 bits per heavy atom. The van der Waals surface area contributed by atoms with Crippen molar-refractivity contribution in [1.82, 2.24) is 10.6 Å². The number of carbonyl (C=O) groups is 2. The lowest BCUT2D eigenvalue weighted by molar-refractivity contribution is -0.0773. The smallest absolute Gasteiger partial charge is 0.407 e. The molecule has 2 N–H and O–H groups in total. The zero-order valence-electron chi connectivity index (χ0n) is 16.9. The van der Waals surface area contributed by atoms with Crippen molar-refractivity contribution in [2.75, 3.05) is 13.9 Å². The van der Waals surface area contributed by atoms with Crippen molar-refractivity contribution in [3.63, 3.8) is 0 Å². The Hall–Kier alpha value is -2.32. The lowest BCUT2D eigenvalue weighted by atomic mass is 10.2. The maximum atomic E-state index is 12.1. The van der Waals surface area contributed by atoms with Crippen LogP contribution in [0.15, 0.2) is 30.3 Å². The molecular weight excluding hydrogens is 364 g/mol. The molecule has 2 rings (SSSR count). The molecule has 8 nitrogen and oxygen atoms in total. The predicted molar refractivity (Wildman–Crippen MR) is 103 cm³/mol. The molecule has 8 heteroatoms. The minimum absolute atomic E-state index is 0.0995. The molecule has 3 atom stereocenters. The summed E-state index contributed by atoms with van der Waals surface area (Å²) in [5.74, 6) is 0. The van der Waals surface area contributed by atoms with E-state index in [0.29, 0.717) is 12.8 Å². The van der Waals surface area contributed by atoms with Gasteiger partial charge < -0.3 is 29.6 Å². The van der Waals surface area contributed by atoms with Gasteiger partial charge in [-0.15, -0.1) is 0 Å². The van der Waals surface area contributed by atoms with E-state index in [1.54, 1.807) is 20.8 Å². The van der Waals surface area contributed by atoms with Crippen molar-refractivity contribution < 1.29 is 28.5 Å². The van der Waals surface area contributed by atoms with Crippen LogP contribution in [-0.2, 0) is 25.6 Å². The second-order valence-corrected chi connectivity index (χ2v) is 7.74. The van der Waals surface area contributed by atoms with Crippen LogP contribution >= 0.6 is 0 Å². The number of methoxy groups -OCH3 is 1. The molecule has 1 aromatic carbocycles. The van der Waals surface area contributed by atoms with Crippen LogP contribution in [0.1, 0.15) is 39.2 Å². The summed E-state index contributed by atoms with van der Waals surface area (Å²) in [6, 6.07) is 8.96. The van der Waals surface area contributed by atoms with Gasteiger partial charge in [0.05, 0.1) is 12.1 Å². The van der Waals surface area contributed by atoms with Gasteiger partial charge in [0.1, 0.15) is 19.0 Å². The first-order chi connectivity index (χ1) is 13.3. The van der Waals surface area contributed by atoms with Gasteiger partial charge in [-0.3, -0.25) is 0 Å². The van der Waals surface area contributed by atoms with Crippen molar-refractivity contribution in [3.05, 3.63) is 35.9 Å². The number of benzene rings is 1. The number of rotatable bonds is 7. The molecule has 1 aromatic rings. The zero-order valence-corrected chi connectivity index (χ0v) is 16.9. The molecule has 1 fully saturated rings. The van der Waals surface area contributed by atoms with Gasteiger partial charge in [-0.1, -0.05) is 30.3 Å². The van der Waals surface area contributed by atoms with E-state index in [1.165, 1.54) is 7.11 Å². The Balaban J connectivity index is 1.85. The van der Waals surface area contributed by atoms with E-state index in [2.05, 4.69) is 10.6 Å². The van der Waals surface area contributed by atoms with E-state index in [1.807, 2.05) is 30.3 Å². The Morgan fingerprint density at radius 3 is 2.43 bits per heavy atom. The lowest BCUT2D eigenvalue weighted by Gasteiger charge is -2.24. The summed E-state index contributed by atoms with van der Waals surface area (Å²) < 4.78 is 21.2. The van der Waals surface area contributed by atoms with E-state index in [-0.39, 0.29) is 31.6 Å². The van der Waals surface area contributed by atoms with Crippen molar-refractivity contribution in [1.29, 1.82) is 0 Å². The molecule has 0 bridgehead atoms. The molecule has 0 unspecified atom stereocenters. The minimum Gasteiger partial charge on any atom is -0.445 e. The van der Waals surface area contributed by atoms with Gasteiger partial charge in [0.2, 0.25) is 0 Å². The monoisotopic (exact) mass is 394 g/mol. The third-order valence-electron chi connectivity index (χ3n) is 4.14. The van der Waals surface area contributed by atoms with E-state index in [0.717, 1.165) is 5.56 Å². The molecule has 0 heterocycles. The van der Waals surface area contributed by atoms with E-state index < -0.39 is 17.8 Å². The summed E-state index contributed by atoms with van der Waals surface area (Å²) >= 11 is 0. The number of hydrogen-bond donors (Lipinski definition) is 2. The molecule has 1 aliphatic rings. The Morgan fingerprint density at radius 2 is 1.79 bits per heavy atom. The maximum absolute atomic E-state index is 12.1. The Labute approximate surface area is 165 Å². The Bertz CT molecular complexity index is 631. The van der Waals surface area contributed by atoms with Gasteiger partial charge in [-0.05, 0) is 39.2 Å². The van der Waals surface area contributed by atoms with E-state index in [4.69, 9.17) is 18.9 Å². The van der Waals surface area contributed by atoms with Gasteiger partial charge >= 0.3 is 12.2 Å². The molecule has 0 radical (unpaired) electrons. The van der Waals surface area contributed by atoms with Gasteiger partial charge in [0.15, 0.2) is 0 Å². The molecule has 0 spiro atoms. The molecule has 2 amide bonds.